The van der Waals surface area contributed by atoms with Crippen molar-refractivity contribution in [3.63, 3.8) is 0 Å². The first kappa shape index (κ1) is 23.4. The molecule has 166 valence electrons. The summed E-state index contributed by atoms with van der Waals surface area (Å²) in [6.07, 6.45) is 2.50. The van der Waals surface area contributed by atoms with Crippen molar-refractivity contribution >= 4 is 33.7 Å². The number of hydrogen-bond donors (Lipinski definition) is 2. The highest BCUT2D eigenvalue weighted by Crippen LogP contribution is 2.27. The second-order valence-corrected chi connectivity index (χ2v) is 7.74. The van der Waals surface area contributed by atoms with Crippen LogP contribution in [-0.2, 0) is 4.79 Å². The molecule has 0 aliphatic rings. The molecule has 2 heterocycles. The van der Waals surface area contributed by atoms with E-state index >= 15 is 0 Å². The zero-order chi connectivity index (χ0) is 22.8. The molecule has 0 spiro atoms. The van der Waals surface area contributed by atoms with Gasteiger partial charge in [0.15, 0.2) is 11.9 Å². The molecular weight excluding hydrogens is 470 g/mol. The summed E-state index contributed by atoms with van der Waals surface area (Å²) in [5.74, 6) is 1.67. The third kappa shape index (κ3) is 6.15. The number of carbonyl (C=O) groups excluding carboxylic acids is 1. The fourth-order valence-electron chi connectivity index (χ4n) is 3.02. The molecule has 0 radical (unpaired) electrons. The lowest BCUT2D eigenvalue weighted by Gasteiger charge is -2.11. The maximum Gasteiger partial charge on any atom is 0.172 e. The number of anilines is 1. The van der Waals surface area contributed by atoms with Gasteiger partial charge < -0.3 is 15.4 Å². The Labute approximate surface area is 196 Å². The van der Waals surface area contributed by atoms with Gasteiger partial charge in [-0.05, 0) is 47.6 Å². The van der Waals surface area contributed by atoms with Crippen LogP contribution in [-0.4, -0.2) is 47.6 Å². The minimum absolute atomic E-state index is 0.129. The van der Waals surface area contributed by atoms with Crippen molar-refractivity contribution < 1.29 is 9.53 Å². The maximum atomic E-state index is 9.85. The minimum atomic E-state index is 0.129. The van der Waals surface area contributed by atoms with Gasteiger partial charge in [0, 0.05) is 24.7 Å². The third-order valence-corrected chi connectivity index (χ3v) is 5.15. The lowest BCUT2D eigenvalue weighted by molar-refractivity contribution is -0.109. The summed E-state index contributed by atoms with van der Waals surface area (Å²) in [6.45, 7) is 3.93. The van der Waals surface area contributed by atoms with Crippen LogP contribution in [0.5, 0.6) is 5.75 Å². The number of benzene rings is 2. The minimum Gasteiger partial charge on any atom is -0.486 e. The van der Waals surface area contributed by atoms with Crippen LogP contribution in [0.2, 0.25) is 0 Å². The molecule has 0 saturated heterocycles. The number of fused-ring (bicyclic) bond motifs is 1. The Bertz CT molecular complexity index is 1150. The van der Waals surface area contributed by atoms with E-state index in [0.29, 0.717) is 0 Å². The first-order chi connectivity index (χ1) is 15.6. The average molecular weight is 496 g/mol. The van der Waals surface area contributed by atoms with Gasteiger partial charge in [0.25, 0.3) is 0 Å². The van der Waals surface area contributed by atoms with E-state index in [-0.39, 0.29) is 6.61 Å². The number of aromatic nitrogens is 3. The normalized spacial score (nSPS) is 10.3. The fraction of sp³-hybridized carbons (Fsp3) is 0.208. The van der Waals surface area contributed by atoms with E-state index in [0.717, 1.165) is 52.3 Å². The summed E-state index contributed by atoms with van der Waals surface area (Å²) in [5, 5.41) is 10.9. The summed E-state index contributed by atoms with van der Waals surface area (Å²) >= 11 is 3.52. The molecule has 4 rings (SSSR count). The number of aryl methyl sites for hydroxylation is 1. The Morgan fingerprint density at radius 1 is 1.09 bits per heavy atom. The molecular formula is C24H26BrN5O2. The fourth-order valence-corrected chi connectivity index (χ4v) is 3.37. The highest BCUT2D eigenvalue weighted by Gasteiger charge is 2.12. The van der Waals surface area contributed by atoms with E-state index in [1.54, 1.807) is 6.20 Å². The van der Waals surface area contributed by atoms with E-state index < -0.39 is 0 Å². The first-order valence-electron chi connectivity index (χ1n) is 10.2. The summed E-state index contributed by atoms with van der Waals surface area (Å²) in [5.41, 5.74) is 4.09. The van der Waals surface area contributed by atoms with E-state index in [2.05, 4.69) is 50.7 Å². The van der Waals surface area contributed by atoms with Gasteiger partial charge in [0.2, 0.25) is 0 Å². The number of ether oxygens (including phenoxy) is 1. The largest absolute Gasteiger partial charge is 0.486 e. The number of rotatable bonds is 8. The van der Waals surface area contributed by atoms with Gasteiger partial charge in [-0.3, -0.25) is 4.79 Å². The smallest absolute Gasteiger partial charge is 0.172 e. The Kier molecular flexibility index (Phi) is 8.77. The van der Waals surface area contributed by atoms with Crippen molar-refractivity contribution in [2.24, 2.45) is 0 Å². The number of para-hydroxylation sites is 1. The van der Waals surface area contributed by atoms with Gasteiger partial charge in [-0.2, -0.15) is 9.61 Å². The van der Waals surface area contributed by atoms with Gasteiger partial charge in [0.05, 0.1) is 16.4 Å². The van der Waals surface area contributed by atoms with Crippen LogP contribution in [0.15, 0.2) is 71.3 Å². The van der Waals surface area contributed by atoms with Gasteiger partial charge in [-0.15, -0.1) is 0 Å². The van der Waals surface area contributed by atoms with Crippen molar-refractivity contribution in [3.8, 4) is 17.0 Å². The summed E-state index contributed by atoms with van der Waals surface area (Å²) < 4.78 is 7.70. The number of nitrogens with one attached hydrogen (secondary N) is 2. The molecule has 0 fully saturated rings. The standard InChI is InChI=1S/C16H18BrN5.C8H8O2/c1-11-5-3-4-6-12(11)14-9-15(19-8-7-18-2)22-16(21-14)13(17)10-20-22;9-6-7-10-8-4-2-1-3-5-8/h3-6,9-10,18-19H,7-8H2,1-2H3;1-6H,7H2. The average Bonchev–Trinajstić information content (AvgIpc) is 3.20. The molecule has 4 aromatic rings. The van der Waals surface area contributed by atoms with Crippen molar-refractivity contribution in [1.82, 2.24) is 19.9 Å². The molecule has 0 aliphatic carbocycles. The SMILES string of the molecule is CNCCNc1cc(-c2ccccc2C)nc2c(Br)cnn12.O=CCOc1ccccc1. The summed E-state index contributed by atoms with van der Waals surface area (Å²) in [4.78, 5) is 14.6. The Morgan fingerprint density at radius 2 is 1.84 bits per heavy atom. The zero-order valence-electron chi connectivity index (χ0n) is 18.1. The van der Waals surface area contributed by atoms with E-state index in [9.17, 15) is 4.79 Å². The van der Waals surface area contributed by atoms with Crippen molar-refractivity contribution in [1.29, 1.82) is 0 Å². The van der Waals surface area contributed by atoms with Crippen LogP contribution in [0, 0.1) is 6.92 Å². The quantitative estimate of drug-likeness (QED) is 0.279. The topological polar surface area (TPSA) is 80.5 Å². The molecule has 32 heavy (non-hydrogen) atoms. The molecule has 8 heteroatoms. The summed E-state index contributed by atoms with van der Waals surface area (Å²) in [6, 6.07) is 19.5. The Balaban J connectivity index is 0.000000243. The Morgan fingerprint density at radius 3 is 2.56 bits per heavy atom. The lowest BCUT2D eigenvalue weighted by Crippen LogP contribution is -2.19. The van der Waals surface area contributed by atoms with E-state index in [4.69, 9.17) is 9.72 Å². The molecule has 0 aliphatic heterocycles. The third-order valence-electron chi connectivity index (χ3n) is 4.59. The molecule has 2 aromatic heterocycles. The molecule has 2 aromatic carbocycles. The van der Waals surface area contributed by atoms with Gasteiger partial charge >= 0.3 is 0 Å². The Hall–Kier alpha value is -3.23. The number of hydrogen-bond acceptors (Lipinski definition) is 6. The molecule has 0 amide bonds. The van der Waals surface area contributed by atoms with Gasteiger partial charge in [0.1, 0.15) is 18.2 Å². The second-order valence-electron chi connectivity index (χ2n) is 6.89. The number of nitrogens with zero attached hydrogens (tertiary/aromatic N) is 3. The van der Waals surface area contributed by atoms with Crippen LogP contribution in [0.4, 0.5) is 5.82 Å². The lowest BCUT2D eigenvalue weighted by atomic mass is 10.1. The molecule has 0 unspecified atom stereocenters. The van der Waals surface area contributed by atoms with Crippen molar-refractivity contribution in [3.05, 3.63) is 76.9 Å². The molecule has 0 atom stereocenters. The van der Waals surface area contributed by atoms with Gasteiger partial charge in [-0.1, -0.05) is 42.5 Å². The monoisotopic (exact) mass is 495 g/mol. The highest BCUT2D eigenvalue weighted by molar-refractivity contribution is 9.10. The predicted octanol–water partition coefficient (Wildman–Crippen LogP) is 4.36. The van der Waals surface area contributed by atoms with Crippen molar-refractivity contribution in [2.75, 3.05) is 32.1 Å². The van der Waals surface area contributed by atoms with Crippen molar-refractivity contribution in [2.45, 2.75) is 6.92 Å². The first-order valence-corrected chi connectivity index (χ1v) is 11.0. The highest BCUT2D eigenvalue weighted by atomic mass is 79.9. The van der Waals surface area contributed by atoms with Crippen LogP contribution < -0.4 is 15.4 Å². The van der Waals surface area contributed by atoms with E-state index in [1.807, 2.05) is 60.1 Å². The molecule has 0 saturated carbocycles. The predicted molar refractivity (Wildman–Crippen MR) is 131 cm³/mol. The van der Waals surface area contributed by atoms with E-state index in [1.165, 1.54) is 5.56 Å². The number of carbonyl (C=O) groups is 1. The second kappa shape index (κ2) is 12.0. The molecule has 2 N–H and O–H groups in total. The number of halogens is 1. The number of likely N-dealkylation sites (N-methyl/N-ethyl adjacent to an activating group) is 1. The molecule has 7 nitrogen and oxygen atoms in total. The van der Waals surface area contributed by atoms with Crippen LogP contribution in [0.25, 0.3) is 16.9 Å². The van der Waals surface area contributed by atoms with Gasteiger partial charge in [-0.25, -0.2) is 4.98 Å². The molecule has 0 bridgehead atoms. The zero-order valence-corrected chi connectivity index (χ0v) is 19.7. The van der Waals surface area contributed by atoms with Crippen LogP contribution >= 0.6 is 15.9 Å². The maximum absolute atomic E-state index is 9.85. The summed E-state index contributed by atoms with van der Waals surface area (Å²) in [7, 11) is 1.94. The van der Waals surface area contributed by atoms with Crippen LogP contribution in [0.1, 0.15) is 5.56 Å². The number of aldehydes is 1. The van der Waals surface area contributed by atoms with Crippen LogP contribution in [0.3, 0.4) is 0 Å².